The van der Waals surface area contributed by atoms with Gasteiger partial charge in [0, 0.05) is 6.04 Å². The van der Waals surface area contributed by atoms with Gasteiger partial charge in [0.25, 0.3) is 0 Å². The maximum atomic E-state index is 6.04. The molecule has 0 heterocycles. The zero-order valence-electron chi connectivity index (χ0n) is 13.3. The van der Waals surface area contributed by atoms with Gasteiger partial charge in [-0.15, -0.1) is 6.58 Å². The minimum absolute atomic E-state index is 0.256. The van der Waals surface area contributed by atoms with E-state index in [9.17, 15) is 0 Å². The average Bonchev–Trinajstić information content (AvgIpc) is 2.64. The van der Waals surface area contributed by atoms with E-state index in [-0.39, 0.29) is 6.04 Å². The molecule has 0 aliphatic rings. The number of hydrogen-bond donors (Lipinski definition) is 1. The number of rotatable bonds is 6. The number of para-hydroxylation sites is 2. The van der Waals surface area contributed by atoms with Crippen LogP contribution in [-0.4, -0.2) is 0 Å². The summed E-state index contributed by atoms with van der Waals surface area (Å²) in [6.45, 7) is 3.74. The summed E-state index contributed by atoms with van der Waals surface area (Å²) in [6.07, 6.45) is 1.69. The summed E-state index contributed by atoms with van der Waals surface area (Å²) in [5, 5.41) is 0. The minimum atomic E-state index is -0.256. The third-order valence-corrected chi connectivity index (χ3v) is 3.55. The summed E-state index contributed by atoms with van der Waals surface area (Å²) < 4.78 is 12.0. The van der Waals surface area contributed by atoms with E-state index in [0.29, 0.717) is 11.5 Å². The predicted molar refractivity (Wildman–Crippen MR) is 96.6 cm³/mol. The van der Waals surface area contributed by atoms with Crippen molar-refractivity contribution >= 4 is 0 Å². The largest absolute Gasteiger partial charge is 0.453 e. The van der Waals surface area contributed by atoms with Gasteiger partial charge in [0.2, 0.25) is 0 Å². The summed E-state index contributed by atoms with van der Waals surface area (Å²) in [5.41, 5.74) is 6.96. The van der Waals surface area contributed by atoms with Crippen LogP contribution >= 0.6 is 0 Å². The highest BCUT2D eigenvalue weighted by atomic mass is 16.5. The Morgan fingerprint density at radius 1 is 0.750 bits per heavy atom. The second-order valence-corrected chi connectivity index (χ2v) is 5.30. The molecule has 0 aliphatic carbocycles. The molecule has 3 aromatic carbocycles. The molecule has 0 amide bonds. The second kappa shape index (κ2) is 7.49. The minimum Gasteiger partial charge on any atom is -0.453 e. The fraction of sp³-hybridized carbons (Fsp3) is 0.0476. The lowest BCUT2D eigenvalue weighted by molar-refractivity contribution is 0.418. The Morgan fingerprint density at radius 3 is 1.83 bits per heavy atom. The number of nitrogens with two attached hydrogens (primary N) is 1. The van der Waals surface area contributed by atoms with Crippen molar-refractivity contribution in [3.8, 4) is 23.0 Å². The molecule has 0 fully saturated rings. The Bertz CT molecular complexity index is 801. The molecule has 3 rings (SSSR count). The third kappa shape index (κ3) is 3.83. The predicted octanol–water partition coefficient (Wildman–Crippen LogP) is 5.46. The van der Waals surface area contributed by atoms with Crippen LogP contribution in [0.15, 0.2) is 91.5 Å². The van der Waals surface area contributed by atoms with Crippen molar-refractivity contribution in [2.24, 2.45) is 5.73 Å². The summed E-state index contributed by atoms with van der Waals surface area (Å²) in [6, 6.07) is 24.6. The van der Waals surface area contributed by atoms with Crippen molar-refractivity contribution in [2.45, 2.75) is 6.04 Å². The van der Waals surface area contributed by atoms with Gasteiger partial charge >= 0.3 is 0 Å². The topological polar surface area (TPSA) is 44.5 Å². The zero-order valence-corrected chi connectivity index (χ0v) is 13.3. The Kier molecular flexibility index (Phi) is 4.94. The molecule has 0 radical (unpaired) electrons. The van der Waals surface area contributed by atoms with E-state index >= 15 is 0 Å². The van der Waals surface area contributed by atoms with E-state index in [2.05, 4.69) is 6.58 Å². The van der Waals surface area contributed by atoms with Crippen molar-refractivity contribution < 1.29 is 9.47 Å². The first-order valence-electron chi connectivity index (χ1n) is 7.74. The van der Waals surface area contributed by atoms with Crippen LogP contribution in [0, 0.1) is 0 Å². The second-order valence-electron chi connectivity index (χ2n) is 5.30. The SMILES string of the molecule is C=C[C@@H](N)c1ccc(Oc2ccccc2)c(Oc2ccccc2)c1. The molecule has 3 aromatic rings. The molecule has 0 aliphatic heterocycles. The van der Waals surface area contributed by atoms with Crippen LogP contribution in [0.3, 0.4) is 0 Å². The van der Waals surface area contributed by atoms with Crippen LogP contribution in [-0.2, 0) is 0 Å². The molecular weight excluding hydrogens is 298 g/mol. The van der Waals surface area contributed by atoms with E-state index in [1.54, 1.807) is 6.08 Å². The van der Waals surface area contributed by atoms with Gasteiger partial charge in [-0.05, 0) is 42.0 Å². The van der Waals surface area contributed by atoms with Gasteiger partial charge in [0.1, 0.15) is 11.5 Å². The van der Waals surface area contributed by atoms with E-state index in [1.165, 1.54) is 0 Å². The van der Waals surface area contributed by atoms with Crippen LogP contribution in [0.5, 0.6) is 23.0 Å². The fourth-order valence-corrected chi connectivity index (χ4v) is 2.26. The van der Waals surface area contributed by atoms with E-state index in [4.69, 9.17) is 15.2 Å². The first kappa shape index (κ1) is 15.8. The number of hydrogen-bond acceptors (Lipinski definition) is 3. The molecule has 3 nitrogen and oxygen atoms in total. The van der Waals surface area contributed by atoms with Gasteiger partial charge in [-0.25, -0.2) is 0 Å². The summed E-state index contributed by atoms with van der Waals surface area (Å²) in [5.74, 6) is 2.72. The third-order valence-electron chi connectivity index (χ3n) is 3.55. The van der Waals surface area contributed by atoms with E-state index in [0.717, 1.165) is 17.1 Å². The lowest BCUT2D eigenvalue weighted by Gasteiger charge is -2.15. The highest BCUT2D eigenvalue weighted by Gasteiger charge is 2.11. The van der Waals surface area contributed by atoms with Gasteiger partial charge < -0.3 is 15.2 Å². The van der Waals surface area contributed by atoms with Crippen molar-refractivity contribution in [3.63, 3.8) is 0 Å². The van der Waals surface area contributed by atoms with Crippen molar-refractivity contribution in [2.75, 3.05) is 0 Å². The molecule has 0 saturated heterocycles. The van der Waals surface area contributed by atoms with Crippen LogP contribution in [0.2, 0.25) is 0 Å². The van der Waals surface area contributed by atoms with Crippen molar-refractivity contribution in [1.29, 1.82) is 0 Å². The van der Waals surface area contributed by atoms with Gasteiger partial charge in [0.15, 0.2) is 11.5 Å². The van der Waals surface area contributed by atoms with Crippen LogP contribution < -0.4 is 15.2 Å². The number of ether oxygens (including phenoxy) is 2. The molecule has 120 valence electrons. The molecule has 0 aromatic heterocycles. The van der Waals surface area contributed by atoms with Gasteiger partial charge in [-0.3, -0.25) is 0 Å². The highest BCUT2D eigenvalue weighted by molar-refractivity contribution is 5.48. The highest BCUT2D eigenvalue weighted by Crippen LogP contribution is 2.36. The first-order valence-corrected chi connectivity index (χ1v) is 7.74. The fourth-order valence-electron chi connectivity index (χ4n) is 2.26. The summed E-state index contributed by atoms with van der Waals surface area (Å²) in [7, 11) is 0. The normalized spacial score (nSPS) is 11.5. The molecule has 0 bridgehead atoms. The van der Waals surface area contributed by atoms with Crippen LogP contribution in [0.25, 0.3) is 0 Å². The van der Waals surface area contributed by atoms with Gasteiger partial charge in [-0.1, -0.05) is 48.5 Å². The first-order chi connectivity index (χ1) is 11.8. The summed E-state index contributed by atoms with van der Waals surface area (Å²) >= 11 is 0. The monoisotopic (exact) mass is 317 g/mol. The lowest BCUT2D eigenvalue weighted by atomic mass is 10.1. The van der Waals surface area contributed by atoms with E-state index in [1.807, 2.05) is 78.9 Å². The van der Waals surface area contributed by atoms with Crippen LogP contribution in [0.4, 0.5) is 0 Å². The average molecular weight is 317 g/mol. The molecular formula is C21H19NO2. The Morgan fingerprint density at radius 2 is 1.29 bits per heavy atom. The Balaban J connectivity index is 1.95. The van der Waals surface area contributed by atoms with E-state index < -0.39 is 0 Å². The smallest absolute Gasteiger partial charge is 0.170 e. The molecule has 0 saturated carbocycles. The van der Waals surface area contributed by atoms with Gasteiger partial charge in [-0.2, -0.15) is 0 Å². The Hall–Kier alpha value is -3.04. The molecule has 24 heavy (non-hydrogen) atoms. The standard InChI is InChI=1S/C21H19NO2/c1-2-19(22)16-13-14-20(23-17-9-5-3-6-10-17)21(15-16)24-18-11-7-4-8-12-18/h2-15,19H,1,22H2/t19-/m1/s1. The maximum Gasteiger partial charge on any atom is 0.170 e. The quantitative estimate of drug-likeness (QED) is 0.614. The summed E-state index contributed by atoms with van der Waals surface area (Å²) in [4.78, 5) is 0. The Labute approximate surface area is 142 Å². The molecule has 2 N–H and O–H groups in total. The number of benzene rings is 3. The van der Waals surface area contributed by atoms with Crippen LogP contribution in [0.1, 0.15) is 11.6 Å². The lowest BCUT2D eigenvalue weighted by Crippen LogP contribution is -2.06. The van der Waals surface area contributed by atoms with Crippen molar-refractivity contribution in [3.05, 3.63) is 97.1 Å². The molecule has 1 atom stereocenters. The molecule has 0 unspecified atom stereocenters. The van der Waals surface area contributed by atoms with Crippen molar-refractivity contribution in [1.82, 2.24) is 0 Å². The van der Waals surface area contributed by atoms with Gasteiger partial charge in [0.05, 0.1) is 0 Å². The molecule has 0 spiro atoms. The molecule has 3 heteroatoms. The maximum absolute atomic E-state index is 6.04. The zero-order chi connectivity index (χ0) is 16.8.